The van der Waals surface area contributed by atoms with Crippen LogP contribution >= 0.6 is 23.2 Å². The number of allylic oxidation sites excluding steroid dienone is 1. The number of benzene rings is 1. The van der Waals surface area contributed by atoms with E-state index < -0.39 is 5.92 Å². The lowest BCUT2D eigenvalue weighted by molar-refractivity contribution is 0.391. The van der Waals surface area contributed by atoms with E-state index in [-0.39, 0.29) is 17.0 Å². The highest BCUT2D eigenvalue weighted by atomic mass is 35.5. The third kappa shape index (κ3) is 2.56. The lowest BCUT2D eigenvalue weighted by Gasteiger charge is -2.26. The summed E-state index contributed by atoms with van der Waals surface area (Å²) >= 11 is 12.0. The normalized spacial score (nSPS) is 16.5. The average molecular weight is 348 g/mol. The van der Waals surface area contributed by atoms with E-state index in [0.29, 0.717) is 32.6 Å². The van der Waals surface area contributed by atoms with Gasteiger partial charge in [-0.05, 0) is 24.6 Å². The molecule has 0 amide bonds. The van der Waals surface area contributed by atoms with Gasteiger partial charge in [-0.3, -0.25) is 4.79 Å². The molecule has 23 heavy (non-hydrogen) atoms. The van der Waals surface area contributed by atoms with E-state index in [1.807, 2.05) is 6.07 Å². The van der Waals surface area contributed by atoms with Gasteiger partial charge in [-0.25, -0.2) is 0 Å². The predicted molar refractivity (Wildman–Crippen MR) is 87.6 cm³/mol. The van der Waals surface area contributed by atoms with E-state index >= 15 is 0 Å². The Hall–Kier alpha value is -2.42. The first kappa shape index (κ1) is 15.5. The van der Waals surface area contributed by atoms with Crippen molar-refractivity contribution in [3.8, 4) is 11.8 Å². The number of aromatic nitrogens is 1. The monoisotopic (exact) mass is 347 g/mol. The van der Waals surface area contributed by atoms with E-state index in [2.05, 4.69) is 4.98 Å². The Labute approximate surface area is 141 Å². The standard InChI is InChI=1S/C16H11Cl2N3O2/c1-7-4-12-14(16(22)21-7)13(9(6-19)15(20)23-12)8-2-3-10(17)11(18)5-8/h2-5,13H,20H2,1H3,(H,21,22)/t13-/m0/s1. The zero-order valence-electron chi connectivity index (χ0n) is 12.0. The number of halogens is 2. The number of hydrogen-bond donors (Lipinski definition) is 2. The minimum atomic E-state index is -0.664. The summed E-state index contributed by atoms with van der Waals surface area (Å²) in [6.07, 6.45) is 0. The van der Waals surface area contributed by atoms with Gasteiger partial charge in [-0.1, -0.05) is 29.3 Å². The highest BCUT2D eigenvalue weighted by Crippen LogP contribution is 2.41. The van der Waals surface area contributed by atoms with E-state index in [0.717, 1.165) is 0 Å². The van der Waals surface area contributed by atoms with Crippen LogP contribution in [0.3, 0.4) is 0 Å². The Bertz CT molecular complexity index is 941. The van der Waals surface area contributed by atoms with Gasteiger partial charge >= 0.3 is 0 Å². The van der Waals surface area contributed by atoms with Crippen LogP contribution in [0.5, 0.6) is 5.75 Å². The van der Waals surface area contributed by atoms with Gasteiger partial charge in [-0.2, -0.15) is 5.26 Å². The third-order valence-corrected chi connectivity index (χ3v) is 4.37. The van der Waals surface area contributed by atoms with Gasteiger partial charge in [0.05, 0.1) is 21.5 Å². The van der Waals surface area contributed by atoms with Crippen LogP contribution in [0.1, 0.15) is 22.7 Å². The molecule has 0 saturated carbocycles. The van der Waals surface area contributed by atoms with Gasteiger partial charge in [0.1, 0.15) is 17.4 Å². The number of fused-ring (bicyclic) bond motifs is 1. The lowest BCUT2D eigenvalue weighted by Crippen LogP contribution is -2.28. The van der Waals surface area contributed by atoms with Crippen molar-refractivity contribution >= 4 is 23.2 Å². The summed E-state index contributed by atoms with van der Waals surface area (Å²) in [6, 6.07) is 8.63. The zero-order chi connectivity index (χ0) is 16.7. The minimum Gasteiger partial charge on any atom is -0.440 e. The van der Waals surface area contributed by atoms with Crippen molar-refractivity contribution in [2.75, 3.05) is 0 Å². The molecule has 116 valence electrons. The summed E-state index contributed by atoms with van der Waals surface area (Å²) in [6.45, 7) is 1.74. The molecule has 0 spiro atoms. The van der Waals surface area contributed by atoms with Crippen LogP contribution in [0.15, 0.2) is 40.5 Å². The molecule has 0 radical (unpaired) electrons. The number of rotatable bonds is 1. The van der Waals surface area contributed by atoms with Crippen molar-refractivity contribution in [1.29, 1.82) is 5.26 Å². The van der Waals surface area contributed by atoms with Crippen LogP contribution < -0.4 is 16.0 Å². The number of hydrogen-bond acceptors (Lipinski definition) is 4. The fourth-order valence-electron chi connectivity index (χ4n) is 2.63. The molecule has 2 aromatic rings. The molecule has 0 unspecified atom stereocenters. The lowest BCUT2D eigenvalue weighted by atomic mass is 9.84. The van der Waals surface area contributed by atoms with Crippen molar-refractivity contribution in [2.45, 2.75) is 12.8 Å². The third-order valence-electron chi connectivity index (χ3n) is 3.63. The Morgan fingerprint density at radius 1 is 1.30 bits per heavy atom. The summed E-state index contributed by atoms with van der Waals surface area (Å²) in [5.74, 6) is -0.359. The van der Waals surface area contributed by atoms with Crippen molar-refractivity contribution in [3.05, 3.63) is 72.9 Å². The first-order chi connectivity index (χ1) is 10.9. The van der Waals surface area contributed by atoms with Gasteiger partial charge < -0.3 is 15.5 Å². The molecule has 1 aromatic heterocycles. The van der Waals surface area contributed by atoms with Gasteiger partial charge in [0.25, 0.3) is 5.56 Å². The zero-order valence-corrected chi connectivity index (χ0v) is 13.5. The highest BCUT2D eigenvalue weighted by Gasteiger charge is 2.33. The first-order valence-corrected chi connectivity index (χ1v) is 7.44. The molecule has 3 rings (SSSR count). The second-order valence-corrected chi connectivity index (χ2v) is 5.97. The number of aromatic amines is 1. The van der Waals surface area contributed by atoms with Gasteiger partial charge in [-0.15, -0.1) is 0 Å². The fraction of sp³-hybridized carbons (Fsp3) is 0.125. The maximum absolute atomic E-state index is 12.4. The Balaban J connectivity index is 2.31. The summed E-state index contributed by atoms with van der Waals surface area (Å²) in [5, 5.41) is 10.2. The topological polar surface area (TPSA) is 91.9 Å². The van der Waals surface area contributed by atoms with E-state index in [1.165, 1.54) is 0 Å². The SMILES string of the molecule is Cc1cc2c(c(=O)[nH]1)[C@@H](c1ccc(Cl)c(Cl)c1)C(C#N)=C(N)O2. The van der Waals surface area contributed by atoms with E-state index in [9.17, 15) is 10.1 Å². The molecule has 0 bridgehead atoms. The number of pyridine rings is 1. The number of ether oxygens (including phenoxy) is 1. The van der Waals surface area contributed by atoms with Crippen LogP contribution in [0.25, 0.3) is 0 Å². The summed E-state index contributed by atoms with van der Waals surface area (Å²) in [4.78, 5) is 15.1. The number of H-pyrrole nitrogens is 1. The molecule has 3 N–H and O–H groups in total. The highest BCUT2D eigenvalue weighted by molar-refractivity contribution is 6.42. The fourth-order valence-corrected chi connectivity index (χ4v) is 2.94. The second kappa shape index (κ2) is 5.65. The number of nitrogens with zero attached hydrogens (tertiary/aromatic N) is 1. The average Bonchev–Trinajstić information content (AvgIpc) is 2.48. The Morgan fingerprint density at radius 2 is 2.04 bits per heavy atom. The van der Waals surface area contributed by atoms with Crippen molar-refractivity contribution in [3.63, 3.8) is 0 Å². The van der Waals surface area contributed by atoms with E-state index in [1.54, 1.807) is 31.2 Å². The van der Waals surface area contributed by atoms with Crippen molar-refractivity contribution in [1.82, 2.24) is 4.98 Å². The van der Waals surface area contributed by atoms with Crippen LogP contribution in [0.2, 0.25) is 10.0 Å². The van der Waals surface area contributed by atoms with Gasteiger partial charge in [0, 0.05) is 11.8 Å². The summed E-state index contributed by atoms with van der Waals surface area (Å²) in [7, 11) is 0. The number of nitrogens with one attached hydrogen (secondary N) is 1. The van der Waals surface area contributed by atoms with Crippen LogP contribution in [0, 0.1) is 18.3 Å². The summed E-state index contributed by atoms with van der Waals surface area (Å²) in [5.41, 5.74) is 7.27. The smallest absolute Gasteiger partial charge is 0.256 e. The quantitative estimate of drug-likeness (QED) is 0.828. The molecule has 0 aliphatic carbocycles. The maximum atomic E-state index is 12.4. The Kier molecular flexibility index (Phi) is 3.80. The molecule has 1 aliphatic heterocycles. The second-order valence-electron chi connectivity index (χ2n) is 5.16. The minimum absolute atomic E-state index is 0.0268. The molecule has 1 aromatic carbocycles. The molecule has 1 aliphatic rings. The van der Waals surface area contributed by atoms with Gasteiger partial charge in [0.2, 0.25) is 5.88 Å². The molecule has 7 heteroatoms. The molecule has 5 nitrogen and oxygen atoms in total. The molecular weight excluding hydrogens is 337 g/mol. The summed E-state index contributed by atoms with van der Waals surface area (Å²) < 4.78 is 5.46. The maximum Gasteiger partial charge on any atom is 0.256 e. The van der Waals surface area contributed by atoms with Crippen LogP contribution in [-0.2, 0) is 0 Å². The molecular formula is C16H11Cl2N3O2. The molecule has 0 fully saturated rings. The van der Waals surface area contributed by atoms with Crippen LogP contribution in [0.4, 0.5) is 0 Å². The van der Waals surface area contributed by atoms with E-state index in [4.69, 9.17) is 33.7 Å². The molecule has 0 saturated heterocycles. The number of nitrogens with two attached hydrogens (primary N) is 1. The first-order valence-electron chi connectivity index (χ1n) is 6.68. The molecule has 2 heterocycles. The van der Waals surface area contributed by atoms with Crippen molar-refractivity contribution < 1.29 is 4.74 Å². The van der Waals surface area contributed by atoms with Crippen LogP contribution in [-0.4, -0.2) is 4.98 Å². The number of nitriles is 1. The largest absolute Gasteiger partial charge is 0.440 e. The van der Waals surface area contributed by atoms with Crippen molar-refractivity contribution in [2.24, 2.45) is 5.73 Å². The predicted octanol–water partition coefficient (Wildman–Crippen LogP) is 3.21. The van der Waals surface area contributed by atoms with Gasteiger partial charge in [0.15, 0.2) is 0 Å². The number of aryl methyl sites for hydroxylation is 1. The Morgan fingerprint density at radius 3 is 2.70 bits per heavy atom. The molecule has 1 atom stereocenters.